The summed E-state index contributed by atoms with van der Waals surface area (Å²) in [6.07, 6.45) is 4.22. The first kappa shape index (κ1) is 12.9. The smallest absolute Gasteiger partial charge is 0.221 e. The third kappa shape index (κ3) is 1.75. The molecule has 4 nitrogen and oxygen atoms in total. The molecule has 0 spiro atoms. The van der Waals surface area contributed by atoms with Gasteiger partial charge >= 0.3 is 0 Å². The molecule has 110 valence electrons. The molecule has 1 aliphatic carbocycles. The highest BCUT2D eigenvalue weighted by Gasteiger charge is 2.40. The van der Waals surface area contributed by atoms with Crippen molar-refractivity contribution in [3.8, 4) is 0 Å². The predicted molar refractivity (Wildman–Crippen MR) is 83.1 cm³/mol. The number of aromatic nitrogens is 1. The van der Waals surface area contributed by atoms with E-state index in [4.69, 9.17) is 5.73 Å². The first-order chi connectivity index (χ1) is 10.1. The van der Waals surface area contributed by atoms with E-state index in [2.05, 4.69) is 48.0 Å². The molecule has 1 aliphatic heterocycles. The molecule has 2 heterocycles. The van der Waals surface area contributed by atoms with Crippen LogP contribution in [0.2, 0.25) is 0 Å². The molecule has 4 heteroatoms. The van der Waals surface area contributed by atoms with Gasteiger partial charge in [0.05, 0.1) is 5.92 Å². The molecule has 1 aromatic heterocycles. The van der Waals surface area contributed by atoms with Crippen LogP contribution < -0.4 is 5.73 Å². The fourth-order valence-corrected chi connectivity index (χ4v) is 4.43. The van der Waals surface area contributed by atoms with Crippen molar-refractivity contribution in [3.05, 3.63) is 35.5 Å². The SMILES string of the molecule is CN1C[C@@H](C(N)=O)C[C@H]2c3cccc4c3c(cn4C)C[C@H]21. The zero-order valence-corrected chi connectivity index (χ0v) is 12.5. The molecule has 1 amide bonds. The maximum Gasteiger partial charge on any atom is 0.221 e. The maximum atomic E-state index is 11.7. The summed E-state index contributed by atoms with van der Waals surface area (Å²) in [5.74, 6) is 0.225. The Morgan fingerprint density at radius 2 is 2.14 bits per heavy atom. The minimum absolute atomic E-state index is 0.0308. The number of likely N-dealkylation sites (N-methyl/N-ethyl adjacent to an activating group) is 1. The third-order valence-corrected chi connectivity index (χ3v) is 5.43. The fourth-order valence-electron chi connectivity index (χ4n) is 4.43. The zero-order chi connectivity index (χ0) is 14.7. The lowest BCUT2D eigenvalue weighted by Gasteiger charge is -2.44. The van der Waals surface area contributed by atoms with E-state index in [1.165, 1.54) is 22.0 Å². The van der Waals surface area contributed by atoms with Crippen molar-refractivity contribution in [2.75, 3.05) is 13.6 Å². The molecule has 3 atom stereocenters. The van der Waals surface area contributed by atoms with Gasteiger partial charge in [0.2, 0.25) is 5.91 Å². The largest absolute Gasteiger partial charge is 0.369 e. The van der Waals surface area contributed by atoms with Crippen LogP contribution in [0.3, 0.4) is 0 Å². The van der Waals surface area contributed by atoms with Gasteiger partial charge in [-0.2, -0.15) is 0 Å². The third-order valence-electron chi connectivity index (χ3n) is 5.43. The highest BCUT2D eigenvalue weighted by Crippen LogP contribution is 2.44. The second kappa shape index (κ2) is 4.34. The van der Waals surface area contributed by atoms with E-state index in [0.717, 1.165) is 19.4 Å². The van der Waals surface area contributed by atoms with Crippen molar-refractivity contribution in [1.82, 2.24) is 9.47 Å². The Kier molecular flexibility index (Phi) is 2.67. The van der Waals surface area contributed by atoms with Crippen LogP contribution in [-0.2, 0) is 18.3 Å². The molecule has 1 aromatic carbocycles. The zero-order valence-electron chi connectivity index (χ0n) is 12.5. The lowest BCUT2D eigenvalue weighted by atomic mass is 9.72. The summed E-state index contributed by atoms with van der Waals surface area (Å²) in [6.45, 7) is 0.786. The summed E-state index contributed by atoms with van der Waals surface area (Å²) in [6, 6.07) is 7.04. The molecular formula is C17H21N3O. The number of carbonyl (C=O) groups is 1. The Bertz CT molecular complexity index is 733. The number of carbonyl (C=O) groups excluding carboxylic acids is 1. The summed E-state index contributed by atoms with van der Waals surface area (Å²) < 4.78 is 2.22. The highest BCUT2D eigenvalue weighted by atomic mass is 16.1. The van der Waals surface area contributed by atoms with Crippen LogP contribution >= 0.6 is 0 Å². The maximum absolute atomic E-state index is 11.7. The number of hydrogen-bond acceptors (Lipinski definition) is 2. The highest BCUT2D eigenvalue weighted by molar-refractivity contribution is 5.89. The van der Waals surface area contributed by atoms with Crippen molar-refractivity contribution < 1.29 is 4.79 Å². The van der Waals surface area contributed by atoms with Gasteiger partial charge < -0.3 is 15.2 Å². The Morgan fingerprint density at radius 1 is 1.33 bits per heavy atom. The summed E-state index contributed by atoms with van der Waals surface area (Å²) in [4.78, 5) is 14.0. The second-order valence-corrected chi connectivity index (χ2v) is 6.66. The van der Waals surface area contributed by atoms with Crippen molar-refractivity contribution in [1.29, 1.82) is 0 Å². The lowest BCUT2D eigenvalue weighted by Crippen LogP contribution is -2.50. The van der Waals surface area contributed by atoms with E-state index < -0.39 is 0 Å². The molecule has 0 unspecified atom stereocenters. The van der Waals surface area contributed by atoms with Gasteiger partial charge in [-0.1, -0.05) is 12.1 Å². The number of likely N-dealkylation sites (tertiary alicyclic amines) is 1. The average Bonchev–Trinajstić information content (AvgIpc) is 2.78. The molecule has 0 bridgehead atoms. The minimum atomic E-state index is -0.161. The summed E-state index contributed by atoms with van der Waals surface area (Å²) in [5, 5.41) is 1.40. The molecule has 2 aliphatic rings. The number of nitrogens with two attached hydrogens (primary N) is 1. The minimum Gasteiger partial charge on any atom is -0.369 e. The molecule has 1 fully saturated rings. The van der Waals surface area contributed by atoms with Crippen LogP contribution in [0.4, 0.5) is 0 Å². The summed E-state index contributed by atoms with van der Waals surface area (Å²) >= 11 is 0. The molecular weight excluding hydrogens is 262 g/mol. The van der Waals surface area contributed by atoms with Crippen molar-refractivity contribution in [2.45, 2.75) is 24.8 Å². The number of nitrogens with zero attached hydrogens (tertiary/aromatic N) is 2. The Hall–Kier alpha value is -1.81. The fraction of sp³-hybridized carbons (Fsp3) is 0.471. The van der Waals surface area contributed by atoms with Gasteiger partial charge in [-0.3, -0.25) is 4.79 Å². The molecule has 4 rings (SSSR count). The first-order valence-electron chi connectivity index (χ1n) is 7.62. The number of hydrogen-bond donors (Lipinski definition) is 1. The van der Waals surface area contributed by atoms with Gasteiger partial charge in [0.1, 0.15) is 0 Å². The van der Waals surface area contributed by atoms with E-state index >= 15 is 0 Å². The molecule has 0 saturated carbocycles. The average molecular weight is 283 g/mol. The van der Waals surface area contributed by atoms with Gasteiger partial charge in [-0.25, -0.2) is 0 Å². The number of primary amides is 1. The van der Waals surface area contributed by atoms with E-state index in [1.807, 2.05) is 0 Å². The number of benzene rings is 1. The first-order valence-corrected chi connectivity index (χ1v) is 7.62. The van der Waals surface area contributed by atoms with E-state index in [9.17, 15) is 4.79 Å². The van der Waals surface area contributed by atoms with Crippen LogP contribution in [0.1, 0.15) is 23.5 Å². The topological polar surface area (TPSA) is 51.3 Å². The van der Waals surface area contributed by atoms with Crippen LogP contribution in [0.25, 0.3) is 10.9 Å². The number of amides is 1. The number of rotatable bonds is 1. The Labute approximate surface area is 124 Å². The van der Waals surface area contributed by atoms with Crippen molar-refractivity contribution in [3.63, 3.8) is 0 Å². The molecule has 0 radical (unpaired) electrons. The van der Waals surface area contributed by atoms with Gasteiger partial charge in [0.25, 0.3) is 0 Å². The number of fused-ring (bicyclic) bond motifs is 2. The monoisotopic (exact) mass is 283 g/mol. The summed E-state index contributed by atoms with van der Waals surface area (Å²) in [7, 11) is 4.24. The van der Waals surface area contributed by atoms with E-state index in [-0.39, 0.29) is 11.8 Å². The van der Waals surface area contributed by atoms with Crippen LogP contribution in [0, 0.1) is 5.92 Å². The van der Waals surface area contributed by atoms with Crippen molar-refractivity contribution >= 4 is 16.8 Å². The van der Waals surface area contributed by atoms with Gasteiger partial charge in [-0.15, -0.1) is 0 Å². The lowest BCUT2D eigenvalue weighted by molar-refractivity contribution is -0.124. The molecule has 2 N–H and O–H groups in total. The normalized spacial score (nSPS) is 28.6. The van der Waals surface area contributed by atoms with Crippen LogP contribution in [-0.4, -0.2) is 35.0 Å². The molecule has 2 aromatic rings. The summed E-state index contributed by atoms with van der Waals surface area (Å²) in [5.41, 5.74) is 9.71. The van der Waals surface area contributed by atoms with Gasteiger partial charge in [0.15, 0.2) is 0 Å². The quantitative estimate of drug-likeness (QED) is 0.864. The number of aryl methyl sites for hydroxylation is 1. The molecule has 1 saturated heterocycles. The van der Waals surface area contributed by atoms with Gasteiger partial charge in [-0.05, 0) is 37.1 Å². The van der Waals surface area contributed by atoms with Crippen molar-refractivity contribution in [2.24, 2.45) is 18.7 Å². The van der Waals surface area contributed by atoms with Crippen LogP contribution in [0.15, 0.2) is 24.4 Å². The number of piperidine rings is 1. The van der Waals surface area contributed by atoms with Gasteiger partial charge in [0, 0.05) is 42.7 Å². The predicted octanol–water partition coefficient (Wildman–Crippen LogP) is 1.62. The Morgan fingerprint density at radius 3 is 2.90 bits per heavy atom. The Balaban J connectivity index is 1.87. The van der Waals surface area contributed by atoms with E-state index in [0.29, 0.717) is 12.0 Å². The standard InChI is InChI=1S/C17H21N3O/c1-19-8-10-7-15-13(6-11(17(18)21)9-20(15)2)12-4-3-5-14(19)16(10)12/h3-5,8,11,13,15H,6-7,9H2,1-2H3,(H2,18,21)/t11-,13-,15+/m0/s1. The van der Waals surface area contributed by atoms with E-state index in [1.54, 1.807) is 0 Å². The molecule has 21 heavy (non-hydrogen) atoms. The van der Waals surface area contributed by atoms with Crippen LogP contribution in [0.5, 0.6) is 0 Å². The second-order valence-electron chi connectivity index (χ2n) is 6.66.